The van der Waals surface area contributed by atoms with E-state index in [1.165, 1.54) is 27.2 Å². The van der Waals surface area contributed by atoms with Crippen LogP contribution in [0, 0.1) is 13.8 Å². The number of aromatic nitrogens is 6. The quantitative estimate of drug-likeness (QED) is 0.0339. The number of H-pyrrole nitrogens is 3. The molecule has 0 aliphatic carbocycles. The second kappa shape index (κ2) is 25.3. The number of methoxy groups -OCH3 is 1. The number of carbonyl (C=O) groups excluding carboxylic acids is 1. The number of hydrogen-bond acceptors (Lipinski definition) is 29. The van der Waals surface area contributed by atoms with Crippen LogP contribution in [0.3, 0.4) is 0 Å². The number of aromatic amines is 3. The summed E-state index contributed by atoms with van der Waals surface area (Å²) in [7, 11) is 1.19. The van der Waals surface area contributed by atoms with Gasteiger partial charge >= 0.3 is 11.4 Å². The average Bonchev–Trinajstić information content (AvgIpc) is 4.12. The monoisotopic (exact) mass is 1240 g/mol. The van der Waals surface area contributed by atoms with E-state index in [-0.39, 0.29) is 67.4 Å². The van der Waals surface area contributed by atoms with E-state index in [4.69, 9.17) is 109 Å². The molecular weight excluding hydrogens is 1190 g/mol. The number of aryl methyl sites for hydroxylation is 2. The minimum Gasteiger partial charge on any atom is -0.780 e. The Bertz CT molecular complexity index is 3180. The van der Waals surface area contributed by atoms with E-state index >= 15 is 0 Å². The Morgan fingerprint density at radius 3 is 1.96 bits per heavy atom. The Kier molecular flexibility index (Phi) is 20.3. The van der Waals surface area contributed by atoms with E-state index in [1.807, 2.05) is 0 Å². The molecule has 0 radical (unpaired) electrons. The summed E-state index contributed by atoms with van der Waals surface area (Å²) in [5.74, 6) is -1.06. The predicted molar refractivity (Wildman–Crippen MR) is 273 cm³/mol. The summed E-state index contributed by atoms with van der Waals surface area (Å²) in [6.07, 6.45) is -13.4. The van der Waals surface area contributed by atoms with Crippen molar-refractivity contribution in [1.29, 1.82) is 0 Å². The molecule has 39 heteroatoms. The normalized spacial score (nSPS) is 28.6. The van der Waals surface area contributed by atoms with Gasteiger partial charge in [0.25, 0.3) is 16.7 Å². The van der Waals surface area contributed by atoms with Crippen molar-refractivity contribution in [2.75, 3.05) is 50.8 Å². The maximum atomic E-state index is 14.2. The molecule has 430 valence electrons. The number of ether oxygens (including phenoxy) is 4. The summed E-state index contributed by atoms with van der Waals surface area (Å²) in [5, 5.41) is 9.22. The average molecular weight is 1240 g/mol. The van der Waals surface area contributed by atoms with Crippen LogP contribution in [-0.2, 0) is 119 Å². The molecule has 5 unspecified atom stereocenters. The second-order valence-corrected chi connectivity index (χ2v) is 28.6. The lowest BCUT2D eigenvalue weighted by Gasteiger charge is -2.35. The lowest BCUT2D eigenvalue weighted by atomic mass is 10.1. The molecule has 0 bridgehead atoms. The molecule has 14 atom stereocenters. The van der Waals surface area contributed by atoms with Gasteiger partial charge in [0.15, 0.2) is 18.8 Å². The van der Waals surface area contributed by atoms with Crippen molar-refractivity contribution < 1.29 is 84.3 Å². The van der Waals surface area contributed by atoms with Crippen molar-refractivity contribution in [3.8, 4) is 0 Å². The smallest absolute Gasteiger partial charge is 0.330 e. The standard InChI is InChI=1S/C38H56N8O23P4S4/c1-17(2)66-71(55,75)60-15-24-22(11-28(64-24)46-26(48)9-20-31(46)40-36(39)41-34(20)51)68-72(56,76)61-14-23-21(10-27(63-23)44-12-18(3)32(49)42-37(44)52)67-73(57,77)62-16-25-29(69-70(54,74)59-8-6-7-47)30(58-5)35(65-25)45-13-19(4)33(50)43-38(45)53/h12-13,17,21-25,27-30,35,47H,6-11,14-16H2,1-5H3,(H,54,74)(H,55,75)(H,56,76)(H,57,77)(H,42,49,52)(H,43,50,53)(H3,39,40,41,51)/p-4/t21-,22-,23-,24-,25-,27-,28-,29+,30?,35-,70?,71?,72?,73?/m1/s1. The molecule has 6 N–H and O–H groups in total. The fraction of sp³-hybridized carbons (Fsp3) is 0.658. The number of nitrogens with two attached hydrogens (primary N) is 1. The van der Waals surface area contributed by atoms with Gasteiger partial charge in [-0.2, -0.15) is 4.98 Å². The number of carbonyl (C=O) groups is 1. The summed E-state index contributed by atoms with van der Waals surface area (Å²) in [6, 6.07) is 0. The van der Waals surface area contributed by atoms with Crippen LogP contribution in [0.2, 0.25) is 0 Å². The number of hydrogen-bond donors (Lipinski definition) is 5. The first kappa shape index (κ1) is 62.0. The zero-order valence-electron chi connectivity index (χ0n) is 41.1. The maximum Gasteiger partial charge on any atom is 0.330 e. The number of aliphatic hydroxyl groups excluding tert-OH is 1. The molecule has 4 aliphatic rings. The fourth-order valence-corrected chi connectivity index (χ4v) is 14.4. The Morgan fingerprint density at radius 2 is 1.34 bits per heavy atom. The van der Waals surface area contributed by atoms with Gasteiger partial charge in [0.1, 0.15) is 63.1 Å². The molecule has 7 rings (SSSR count). The van der Waals surface area contributed by atoms with E-state index in [9.17, 15) is 53.1 Å². The minimum absolute atomic E-state index is 0.0167. The third-order valence-corrected chi connectivity index (χ3v) is 18.2. The number of anilines is 2. The van der Waals surface area contributed by atoms with Gasteiger partial charge in [0, 0.05) is 50.1 Å². The number of rotatable bonds is 25. The van der Waals surface area contributed by atoms with Crippen LogP contribution in [0.4, 0.5) is 11.8 Å². The van der Waals surface area contributed by atoms with Crippen LogP contribution in [0.25, 0.3) is 0 Å². The Hall–Kier alpha value is -2.60. The highest BCUT2D eigenvalue weighted by molar-refractivity contribution is 8.32. The van der Waals surface area contributed by atoms with E-state index in [1.54, 1.807) is 13.8 Å². The molecule has 3 aromatic heterocycles. The molecule has 0 aromatic carbocycles. The number of nitrogens with zero attached hydrogens (tertiary/aromatic N) is 4. The van der Waals surface area contributed by atoms with Gasteiger partial charge in [-0.3, -0.25) is 52.7 Å². The van der Waals surface area contributed by atoms with Crippen LogP contribution in [0.1, 0.15) is 62.3 Å². The van der Waals surface area contributed by atoms with Gasteiger partial charge in [-0.25, -0.2) is 9.59 Å². The van der Waals surface area contributed by atoms with Crippen LogP contribution < -0.4 is 53.4 Å². The van der Waals surface area contributed by atoms with Gasteiger partial charge in [-0.15, -0.1) is 0 Å². The highest BCUT2D eigenvalue weighted by Crippen LogP contribution is 2.53. The van der Waals surface area contributed by atoms with Crippen LogP contribution in [0.15, 0.2) is 36.4 Å². The summed E-state index contributed by atoms with van der Waals surface area (Å²) < 4.78 is 84.6. The van der Waals surface area contributed by atoms with Crippen LogP contribution in [0.5, 0.6) is 0 Å². The lowest BCUT2D eigenvalue weighted by Crippen LogP contribution is -2.41. The molecule has 0 spiro atoms. The van der Waals surface area contributed by atoms with Crippen molar-refractivity contribution in [2.24, 2.45) is 0 Å². The first-order chi connectivity index (χ1) is 36.0. The first-order valence-corrected chi connectivity index (χ1v) is 33.2. The number of amides is 1. The maximum absolute atomic E-state index is 14.2. The topological polar surface area (TPSA) is 419 Å². The summed E-state index contributed by atoms with van der Waals surface area (Å²) in [4.78, 5) is 129. The van der Waals surface area contributed by atoms with Crippen molar-refractivity contribution in [1.82, 2.24) is 29.1 Å². The van der Waals surface area contributed by atoms with E-state index in [0.29, 0.717) is 0 Å². The molecule has 3 aromatic rings. The van der Waals surface area contributed by atoms with E-state index in [0.717, 1.165) is 20.2 Å². The SMILES string of the molecule is COC1[C@@H](OP([O-])(=S)OCCCO)[C@@H](COP(=O)([S-])O[C@@H]2C[C@H](n3cc(C)c(=O)[nH]c3=O)O[C@@H]2COP([O-])(=S)O[C@@H]2C[C@H](N3C(=O)Cc4c3nc(N)[nH]c4=O)O[C@@H]2COP([O-])(=S)OC(C)C)O[C@H]1n1cc(C)c(=O)[nH]c1=O. The fourth-order valence-electron chi connectivity index (χ4n) is 8.38. The second-order valence-electron chi connectivity index (χ2n) is 17.7. The first-order valence-electron chi connectivity index (χ1n) is 23.0. The summed E-state index contributed by atoms with van der Waals surface area (Å²) >= 11 is 20.7. The summed E-state index contributed by atoms with van der Waals surface area (Å²) in [6.45, 7) is -15.1. The van der Waals surface area contributed by atoms with Gasteiger partial charge in [-0.05, 0) is 34.1 Å². The molecule has 3 fully saturated rings. The van der Waals surface area contributed by atoms with Crippen molar-refractivity contribution in [3.63, 3.8) is 0 Å². The molecule has 31 nitrogen and oxygen atoms in total. The molecule has 0 saturated carbocycles. The molecule has 77 heavy (non-hydrogen) atoms. The number of fused-ring (bicyclic) bond motifs is 1. The van der Waals surface area contributed by atoms with E-state index < -0.39 is 148 Å². The number of aliphatic hydroxyl groups is 1. The summed E-state index contributed by atoms with van der Waals surface area (Å²) in [5.41, 5.74) is 1.96. The highest BCUT2D eigenvalue weighted by Gasteiger charge is 2.50. The zero-order valence-corrected chi connectivity index (χ0v) is 47.9. The van der Waals surface area contributed by atoms with Gasteiger partial charge in [0.2, 0.25) is 11.9 Å². The minimum atomic E-state index is -4.81. The third kappa shape index (κ3) is 15.5. The van der Waals surface area contributed by atoms with Crippen molar-refractivity contribution in [2.45, 2.75) is 121 Å². The largest absolute Gasteiger partial charge is 0.780 e. The Labute approximate surface area is 456 Å². The molecule has 7 heterocycles. The van der Waals surface area contributed by atoms with Crippen LogP contribution >= 0.6 is 27.0 Å². The number of nitrogen functional groups attached to an aromatic ring is 1. The lowest BCUT2D eigenvalue weighted by molar-refractivity contribution is -0.218. The Balaban J connectivity index is 1.11. The predicted octanol–water partition coefficient (Wildman–Crippen LogP) is -2.29. The van der Waals surface area contributed by atoms with Crippen LogP contribution in [-0.4, -0.2) is 135 Å². The van der Waals surface area contributed by atoms with E-state index in [2.05, 4.69) is 19.9 Å². The molecule has 3 saturated heterocycles. The van der Waals surface area contributed by atoms with Crippen molar-refractivity contribution >= 4 is 92.3 Å². The number of nitrogens with one attached hydrogen (secondary N) is 3. The van der Waals surface area contributed by atoms with Crippen molar-refractivity contribution in [3.05, 3.63) is 81.1 Å². The van der Waals surface area contributed by atoms with Gasteiger partial charge in [-0.1, -0.05) is 35.4 Å². The zero-order chi connectivity index (χ0) is 56.5. The molecule has 1 amide bonds. The highest BCUT2D eigenvalue weighted by atomic mass is 32.7. The van der Waals surface area contributed by atoms with Gasteiger partial charge in [0.05, 0.1) is 56.7 Å². The van der Waals surface area contributed by atoms with Gasteiger partial charge < -0.3 is 92.9 Å². The Morgan fingerprint density at radius 1 is 0.779 bits per heavy atom. The molecular formula is C38H52N8O23P4S4-4. The molecule has 4 aliphatic heterocycles. The third-order valence-electron chi connectivity index (χ3n) is 11.8.